The van der Waals surface area contributed by atoms with Crippen molar-refractivity contribution in [2.24, 2.45) is 0 Å². The number of thiophene rings is 1. The maximum Gasteiger partial charge on any atom is 0.270 e. The topological polar surface area (TPSA) is 81.9 Å². The summed E-state index contributed by atoms with van der Waals surface area (Å²) >= 11 is 1.53. The summed E-state index contributed by atoms with van der Waals surface area (Å²) in [4.78, 5) is 14.1. The number of carbonyl (C=O) groups excluding carboxylic acids is 1. The smallest absolute Gasteiger partial charge is 0.270 e. The summed E-state index contributed by atoms with van der Waals surface area (Å²) in [5, 5.41) is 16.9. The van der Waals surface area contributed by atoms with E-state index in [0.717, 1.165) is 16.0 Å². The number of methoxy groups -OCH3 is 1. The fourth-order valence-corrected chi connectivity index (χ4v) is 3.61. The minimum absolute atomic E-state index is 0.293. The summed E-state index contributed by atoms with van der Waals surface area (Å²) in [6.07, 6.45) is 1.78. The van der Waals surface area contributed by atoms with Crippen LogP contribution in [0.15, 0.2) is 72.1 Å². The first-order valence-corrected chi connectivity index (χ1v) is 10.1. The van der Waals surface area contributed by atoms with Gasteiger partial charge in [-0.15, -0.1) is 16.4 Å². The highest BCUT2D eigenvalue weighted by molar-refractivity contribution is 7.10. The molecule has 30 heavy (non-hydrogen) atoms. The largest absolute Gasteiger partial charge is 0.496 e. The summed E-state index contributed by atoms with van der Waals surface area (Å²) in [5.41, 5.74) is 2.03. The molecule has 150 valence electrons. The van der Waals surface area contributed by atoms with Crippen LogP contribution in [0.5, 0.6) is 5.75 Å². The molecule has 4 rings (SSSR count). The van der Waals surface area contributed by atoms with E-state index in [1.54, 1.807) is 13.2 Å². The van der Waals surface area contributed by atoms with Crippen molar-refractivity contribution in [3.05, 3.63) is 82.6 Å². The molecule has 0 unspecified atom stereocenters. The molecule has 0 saturated carbocycles. The van der Waals surface area contributed by atoms with E-state index in [1.165, 1.54) is 16.0 Å². The quantitative estimate of drug-likeness (QED) is 0.464. The summed E-state index contributed by atoms with van der Waals surface area (Å²) in [6, 6.07) is 20.9. The first kappa shape index (κ1) is 19.5. The van der Waals surface area contributed by atoms with E-state index >= 15 is 0 Å². The third kappa shape index (κ3) is 4.28. The number of hydrogen-bond donors (Lipinski definition) is 1. The van der Waals surface area contributed by atoms with Crippen LogP contribution in [0.4, 0.5) is 0 Å². The Morgan fingerprint density at radius 2 is 1.90 bits per heavy atom. The predicted molar refractivity (Wildman–Crippen MR) is 117 cm³/mol. The Morgan fingerprint density at radius 1 is 1.10 bits per heavy atom. The molecule has 0 saturated heterocycles. The lowest BCUT2D eigenvalue weighted by atomic mass is 10.2. The number of nitrogens with one attached hydrogen (secondary N) is 1. The lowest BCUT2D eigenvalue weighted by Gasteiger charge is -2.12. The van der Waals surface area contributed by atoms with Crippen LogP contribution >= 0.6 is 11.3 Å². The van der Waals surface area contributed by atoms with Crippen LogP contribution in [-0.4, -0.2) is 33.2 Å². The maximum atomic E-state index is 13.2. The standard InChI is InChI=1S/C22H19N5O2S/c1-29-20-12-6-5-10-17(20)15-23-22(28)19(14-18-11-7-13-30-18)27-21(24-25-26-27)16-8-3-2-4-9-16/h2-14H,15H2,1H3,(H,23,28)/b19-14-. The number of tetrazole rings is 1. The summed E-state index contributed by atoms with van der Waals surface area (Å²) < 4.78 is 6.84. The molecule has 4 aromatic rings. The van der Waals surface area contributed by atoms with Gasteiger partial charge in [-0.2, -0.15) is 4.68 Å². The molecule has 0 atom stereocenters. The van der Waals surface area contributed by atoms with E-state index in [-0.39, 0.29) is 5.91 Å². The van der Waals surface area contributed by atoms with Gasteiger partial charge in [0.15, 0.2) is 5.82 Å². The van der Waals surface area contributed by atoms with E-state index in [9.17, 15) is 4.79 Å². The van der Waals surface area contributed by atoms with Gasteiger partial charge in [-0.3, -0.25) is 4.79 Å². The van der Waals surface area contributed by atoms with Gasteiger partial charge >= 0.3 is 0 Å². The molecule has 7 nitrogen and oxygen atoms in total. The third-order valence-electron chi connectivity index (χ3n) is 4.42. The van der Waals surface area contributed by atoms with Gasteiger partial charge in [0.1, 0.15) is 11.4 Å². The van der Waals surface area contributed by atoms with Gasteiger partial charge < -0.3 is 10.1 Å². The molecule has 1 N–H and O–H groups in total. The summed E-state index contributed by atoms with van der Waals surface area (Å²) in [5.74, 6) is 0.915. The van der Waals surface area contributed by atoms with Crippen molar-refractivity contribution in [2.45, 2.75) is 6.54 Å². The molecule has 1 amide bonds. The Balaban J connectivity index is 1.67. The molecular weight excluding hydrogens is 398 g/mol. The second kappa shape index (κ2) is 9.15. The third-order valence-corrected chi connectivity index (χ3v) is 5.24. The first-order valence-electron chi connectivity index (χ1n) is 9.25. The van der Waals surface area contributed by atoms with E-state index in [0.29, 0.717) is 23.8 Å². The highest BCUT2D eigenvalue weighted by Crippen LogP contribution is 2.22. The van der Waals surface area contributed by atoms with Crippen LogP contribution in [0, 0.1) is 0 Å². The number of ether oxygens (including phenoxy) is 1. The van der Waals surface area contributed by atoms with Crippen molar-refractivity contribution in [3.63, 3.8) is 0 Å². The van der Waals surface area contributed by atoms with Crippen LogP contribution in [0.2, 0.25) is 0 Å². The Morgan fingerprint density at radius 3 is 2.67 bits per heavy atom. The molecule has 0 aliphatic rings. The molecular formula is C22H19N5O2S. The molecule has 8 heteroatoms. The number of benzene rings is 2. The molecule has 2 aromatic heterocycles. The highest BCUT2D eigenvalue weighted by atomic mass is 32.1. The zero-order chi connectivity index (χ0) is 20.8. The van der Waals surface area contributed by atoms with E-state index in [4.69, 9.17) is 4.74 Å². The van der Waals surface area contributed by atoms with E-state index in [2.05, 4.69) is 20.8 Å². The number of para-hydroxylation sites is 1. The molecule has 0 radical (unpaired) electrons. The second-order valence-electron chi connectivity index (χ2n) is 6.32. The lowest BCUT2D eigenvalue weighted by Crippen LogP contribution is -2.27. The van der Waals surface area contributed by atoms with Crippen molar-refractivity contribution in [1.82, 2.24) is 25.5 Å². The summed E-state index contributed by atoms with van der Waals surface area (Å²) in [6.45, 7) is 0.313. The predicted octanol–water partition coefficient (Wildman–Crippen LogP) is 3.72. The van der Waals surface area contributed by atoms with Gasteiger partial charge in [0.25, 0.3) is 5.91 Å². The van der Waals surface area contributed by atoms with Crippen molar-refractivity contribution >= 4 is 29.0 Å². The maximum absolute atomic E-state index is 13.2. The highest BCUT2D eigenvalue weighted by Gasteiger charge is 2.19. The number of carbonyl (C=O) groups is 1. The Hall–Kier alpha value is -3.78. The zero-order valence-electron chi connectivity index (χ0n) is 16.2. The van der Waals surface area contributed by atoms with Gasteiger partial charge in [-0.1, -0.05) is 54.6 Å². The van der Waals surface area contributed by atoms with Crippen molar-refractivity contribution in [3.8, 4) is 17.1 Å². The zero-order valence-corrected chi connectivity index (χ0v) is 17.0. The number of nitrogens with zero attached hydrogens (tertiary/aromatic N) is 4. The molecule has 0 spiro atoms. The second-order valence-corrected chi connectivity index (χ2v) is 7.30. The Kier molecular flexibility index (Phi) is 5.95. The molecule has 0 bridgehead atoms. The molecule has 2 aromatic carbocycles. The number of aromatic nitrogens is 4. The van der Waals surface area contributed by atoms with Crippen LogP contribution in [0.3, 0.4) is 0 Å². The van der Waals surface area contributed by atoms with Gasteiger partial charge in [0.2, 0.25) is 0 Å². The first-order chi connectivity index (χ1) is 14.8. The van der Waals surface area contributed by atoms with Gasteiger partial charge in [-0.25, -0.2) is 0 Å². The van der Waals surface area contributed by atoms with Crippen molar-refractivity contribution < 1.29 is 9.53 Å². The van der Waals surface area contributed by atoms with Crippen molar-refractivity contribution in [2.75, 3.05) is 7.11 Å². The number of rotatable bonds is 7. The Bertz CT molecular complexity index is 1150. The van der Waals surface area contributed by atoms with Crippen molar-refractivity contribution in [1.29, 1.82) is 0 Å². The number of amides is 1. The SMILES string of the molecule is COc1ccccc1CNC(=O)/C(=C/c1cccs1)n1nnnc1-c1ccccc1. The number of hydrogen-bond acceptors (Lipinski definition) is 6. The minimum Gasteiger partial charge on any atom is -0.496 e. The van der Waals surface area contributed by atoms with E-state index in [1.807, 2.05) is 72.1 Å². The van der Waals surface area contributed by atoms with Crippen LogP contribution in [0.1, 0.15) is 10.4 Å². The van der Waals surface area contributed by atoms with E-state index < -0.39 is 0 Å². The average Bonchev–Trinajstić information content (AvgIpc) is 3.48. The average molecular weight is 417 g/mol. The molecule has 0 aliphatic carbocycles. The van der Waals surface area contributed by atoms with Crippen LogP contribution in [-0.2, 0) is 11.3 Å². The molecule has 0 aliphatic heterocycles. The molecule has 2 heterocycles. The fourth-order valence-electron chi connectivity index (χ4n) is 2.96. The van der Waals surface area contributed by atoms with Crippen LogP contribution in [0.25, 0.3) is 23.2 Å². The Labute approximate surface area is 177 Å². The van der Waals surface area contributed by atoms with Gasteiger partial charge in [0, 0.05) is 22.5 Å². The fraction of sp³-hybridized carbons (Fsp3) is 0.0909. The normalized spacial score (nSPS) is 11.3. The monoisotopic (exact) mass is 417 g/mol. The van der Waals surface area contributed by atoms with Crippen LogP contribution < -0.4 is 10.1 Å². The lowest BCUT2D eigenvalue weighted by molar-refractivity contribution is -0.116. The van der Waals surface area contributed by atoms with Gasteiger partial charge in [0.05, 0.1) is 7.11 Å². The van der Waals surface area contributed by atoms with Gasteiger partial charge in [-0.05, 0) is 34.0 Å². The molecule has 0 fully saturated rings. The minimum atomic E-state index is -0.293. The summed E-state index contributed by atoms with van der Waals surface area (Å²) in [7, 11) is 1.61.